The molecule has 0 heterocycles. The van der Waals surface area contributed by atoms with Gasteiger partial charge >= 0.3 is 18.0 Å². The van der Waals surface area contributed by atoms with Crippen molar-refractivity contribution in [2.75, 3.05) is 19.6 Å². The third kappa shape index (κ3) is 21.2. The standard InChI is InChI=1S/C24H48N4O4/c1-3-4-5-6-7-8-9-10-12-15-18-25-23(31)26-19-16-13-11-14-17-20-27-24(32)28-21(2)22(29)30/h21H,3-20H2,1-2H3,(H,29,30)(H2,25,26,31)(H2,27,28,32)/t21-/m0/s1. The second-order valence-electron chi connectivity index (χ2n) is 8.59. The van der Waals surface area contributed by atoms with Gasteiger partial charge in [0.2, 0.25) is 0 Å². The van der Waals surface area contributed by atoms with E-state index in [4.69, 9.17) is 5.11 Å². The van der Waals surface area contributed by atoms with Crippen LogP contribution in [0.1, 0.15) is 110 Å². The molecule has 4 amide bonds. The highest BCUT2D eigenvalue weighted by molar-refractivity contribution is 5.82. The summed E-state index contributed by atoms with van der Waals surface area (Å²) >= 11 is 0. The molecule has 0 radical (unpaired) electrons. The van der Waals surface area contributed by atoms with E-state index in [0.29, 0.717) is 13.1 Å². The average molecular weight is 457 g/mol. The zero-order chi connectivity index (χ0) is 23.9. The van der Waals surface area contributed by atoms with E-state index >= 15 is 0 Å². The summed E-state index contributed by atoms with van der Waals surface area (Å²) in [6, 6.07) is -1.42. The molecule has 0 aromatic rings. The molecule has 188 valence electrons. The van der Waals surface area contributed by atoms with Gasteiger partial charge in [-0.05, 0) is 26.2 Å². The minimum atomic E-state index is -1.05. The maximum Gasteiger partial charge on any atom is 0.325 e. The number of carboxylic acids is 1. The van der Waals surface area contributed by atoms with Crippen LogP contribution in [-0.2, 0) is 4.79 Å². The van der Waals surface area contributed by atoms with E-state index in [9.17, 15) is 14.4 Å². The van der Waals surface area contributed by atoms with Crippen LogP contribution < -0.4 is 21.3 Å². The number of rotatable bonds is 21. The first-order valence-corrected chi connectivity index (χ1v) is 12.8. The molecule has 32 heavy (non-hydrogen) atoms. The monoisotopic (exact) mass is 456 g/mol. The van der Waals surface area contributed by atoms with E-state index in [1.165, 1.54) is 64.7 Å². The van der Waals surface area contributed by atoms with Crippen molar-refractivity contribution in [2.45, 2.75) is 116 Å². The van der Waals surface area contributed by atoms with E-state index in [1.807, 2.05) is 0 Å². The molecular formula is C24H48N4O4. The van der Waals surface area contributed by atoms with E-state index in [1.54, 1.807) is 0 Å². The lowest BCUT2D eigenvalue weighted by Gasteiger charge is -2.10. The second-order valence-corrected chi connectivity index (χ2v) is 8.59. The van der Waals surface area contributed by atoms with Crippen LogP contribution >= 0.6 is 0 Å². The molecule has 0 aliphatic rings. The Kier molecular flexibility index (Phi) is 20.8. The average Bonchev–Trinajstić information content (AvgIpc) is 2.76. The maximum atomic E-state index is 11.8. The van der Waals surface area contributed by atoms with Crippen LogP contribution in [0.2, 0.25) is 0 Å². The summed E-state index contributed by atoms with van der Waals surface area (Å²) in [6.07, 6.45) is 17.8. The number of carbonyl (C=O) groups is 3. The minimum absolute atomic E-state index is 0.0771. The molecule has 0 aromatic carbocycles. The predicted octanol–water partition coefficient (Wildman–Crippen LogP) is 4.93. The van der Waals surface area contributed by atoms with E-state index < -0.39 is 18.0 Å². The Hall–Kier alpha value is -1.99. The number of carboxylic acid groups (broad SMARTS) is 1. The van der Waals surface area contributed by atoms with Gasteiger partial charge in [0.15, 0.2) is 0 Å². The van der Waals surface area contributed by atoms with Gasteiger partial charge in [-0.1, -0.05) is 84.0 Å². The summed E-state index contributed by atoms with van der Waals surface area (Å²) in [5.41, 5.74) is 0. The molecule has 0 aromatic heterocycles. The highest BCUT2D eigenvalue weighted by Gasteiger charge is 2.12. The number of carbonyl (C=O) groups excluding carboxylic acids is 2. The Bertz CT molecular complexity index is 489. The highest BCUT2D eigenvalue weighted by atomic mass is 16.4. The smallest absolute Gasteiger partial charge is 0.325 e. The molecule has 0 spiro atoms. The van der Waals surface area contributed by atoms with Gasteiger partial charge in [-0.2, -0.15) is 0 Å². The largest absolute Gasteiger partial charge is 0.480 e. The zero-order valence-electron chi connectivity index (χ0n) is 20.5. The van der Waals surface area contributed by atoms with Crippen molar-refractivity contribution in [3.63, 3.8) is 0 Å². The summed E-state index contributed by atoms with van der Waals surface area (Å²) in [5.74, 6) is -1.05. The Labute approximate surface area is 195 Å². The number of aliphatic carboxylic acids is 1. The number of nitrogens with one attached hydrogen (secondary N) is 4. The molecule has 0 fully saturated rings. The van der Waals surface area contributed by atoms with Crippen molar-refractivity contribution in [1.29, 1.82) is 0 Å². The fourth-order valence-corrected chi connectivity index (χ4v) is 3.37. The van der Waals surface area contributed by atoms with Crippen LogP contribution in [0.5, 0.6) is 0 Å². The highest BCUT2D eigenvalue weighted by Crippen LogP contribution is 2.10. The first-order valence-electron chi connectivity index (χ1n) is 12.8. The van der Waals surface area contributed by atoms with Crippen molar-refractivity contribution in [1.82, 2.24) is 21.3 Å². The molecule has 5 N–H and O–H groups in total. The first-order chi connectivity index (χ1) is 15.5. The fraction of sp³-hybridized carbons (Fsp3) is 0.875. The SMILES string of the molecule is CCCCCCCCCCCCNC(=O)NCCCCCCCNC(=O)N[C@@H](C)C(=O)O. The molecule has 0 saturated carbocycles. The van der Waals surface area contributed by atoms with E-state index in [-0.39, 0.29) is 6.03 Å². The second kappa shape index (κ2) is 22.2. The van der Waals surface area contributed by atoms with Gasteiger partial charge in [-0.25, -0.2) is 9.59 Å². The zero-order valence-corrected chi connectivity index (χ0v) is 20.5. The predicted molar refractivity (Wildman–Crippen MR) is 130 cm³/mol. The molecule has 0 saturated heterocycles. The summed E-state index contributed by atoms with van der Waals surface area (Å²) in [4.78, 5) is 33.9. The van der Waals surface area contributed by atoms with Crippen LogP contribution in [0.4, 0.5) is 9.59 Å². The Morgan fingerprint density at radius 1 is 0.594 bits per heavy atom. The number of unbranched alkanes of at least 4 members (excludes halogenated alkanes) is 13. The third-order valence-electron chi connectivity index (χ3n) is 5.46. The van der Waals surface area contributed by atoms with Crippen molar-refractivity contribution in [3.8, 4) is 0 Å². The lowest BCUT2D eigenvalue weighted by Crippen LogP contribution is -2.44. The molecule has 0 unspecified atom stereocenters. The molecule has 0 aliphatic carbocycles. The van der Waals surface area contributed by atoms with Crippen molar-refractivity contribution in [3.05, 3.63) is 0 Å². The van der Waals surface area contributed by atoms with Gasteiger partial charge in [-0.15, -0.1) is 0 Å². The van der Waals surface area contributed by atoms with Gasteiger partial charge in [0.25, 0.3) is 0 Å². The number of hydrogen-bond donors (Lipinski definition) is 5. The number of amides is 4. The molecule has 8 nitrogen and oxygen atoms in total. The van der Waals surface area contributed by atoms with Crippen molar-refractivity contribution < 1.29 is 19.5 Å². The van der Waals surface area contributed by atoms with Gasteiger partial charge in [0.05, 0.1) is 0 Å². The molecule has 1 atom stereocenters. The minimum Gasteiger partial charge on any atom is -0.480 e. The van der Waals surface area contributed by atoms with E-state index in [2.05, 4.69) is 28.2 Å². The molecule has 0 bridgehead atoms. The number of urea groups is 2. The van der Waals surface area contributed by atoms with Crippen LogP contribution in [0.25, 0.3) is 0 Å². The summed E-state index contributed by atoms with van der Waals surface area (Å²) < 4.78 is 0. The normalized spacial score (nSPS) is 11.6. The molecule has 0 aliphatic heterocycles. The maximum absolute atomic E-state index is 11.8. The van der Waals surface area contributed by atoms with Crippen LogP contribution in [0.3, 0.4) is 0 Å². The summed E-state index contributed by atoms with van der Waals surface area (Å²) in [6.45, 7) is 5.62. The van der Waals surface area contributed by atoms with Crippen molar-refractivity contribution >= 4 is 18.0 Å². The quantitative estimate of drug-likeness (QED) is 0.157. The fourth-order valence-electron chi connectivity index (χ4n) is 3.37. The van der Waals surface area contributed by atoms with E-state index in [0.717, 1.165) is 45.1 Å². The van der Waals surface area contributed by atoms with Crippen LogP contribution in [-0.4, -0.2) is 48.8 Å². The van der Waals surface area contributed by atoms with Crippen molar-refractivity contribution in [2.24, 2.45) is 0 Å². The Morgan fingerprint density at radius 2 is 0.938 bits per heavy atom. The summed E-state index contributed by atoms with van der Waals surface area (Å²) in [5, 5.41) is 19.5. The lowest BCUT2D eigenvalue weighted by atomic mass is 10.1. The number of hydrogen-bond acceptors (Lipinski definition) is 3. The Balaban J connectivity index is 3.30. The third-order valence-corrected chi connectivity index (χ3v) is 5.46. The van der Waals surface area contributed by atoms with Gasteiger partial charge in [0.1, 0.15) is 6.04 Å². The lowest BCUT2D eigenvalue weighted by molar-refractivity contribution is -0.138. The topological polar surface area (TPSA) is 120 Å². The van der Waals surface area contributed by atoms with Gasteiger partial charge in [0, 0.05) is 19.6 Å². The molecule has 8 heteroatoms. The Morgan fingerprint density at radius 3 is 1.31 bits per heavy atom. The van der Waals surface area contributed by atoms with Crippen LogP contribution in [0.15, 0.2) is 0 Å². The van der Waals surface area contributed by atoms with Gasteiger partial charge in [-0.3, -0.25) is 4.79 Å². The van der Waals surface area contributed by atoms with Gasteiger partial charge < -0.3 is 26.4 Å². The molecule has 0 rings (SSSR count). The first kappa shape index (κ1) is 30.0. The summed E-state index contributed by atoms with van der Waals surface area (Å²) in [7, 11) is 0. The van der Waals surface area contributed by atoms with Crippen LogP contribution in [0, 0.1) is 0 Å². The molecular weight excluding hydrogens is 408 g/mol.